The molecule has 6 nitrogen and oxygen atoms in total. The second-order valence-corrected chi connectivity index (χ2v) is 6.12. The Hall–Kier alpha value is -1.61. The van der Waals surface area contributed by atoms with Gasteiger partial charge in [0.25, 0.3) is 0 Å². The maximum atomic E-state index is 5.68. The van der Waals surface area contributed by atoms with Gasteiger partial charge in [-0.2, -0.15) is 0 Å². The molecule has 0 spiro atoms. The van der Waals surface area contributed by atoms with Crippen LogP contribution in [0.5, 0.6) is 0 Å². The van der Waals surface area contributed by atoms with Gasteiger partial charge in [-0.25, -0.2) is 9.98 Å². The predicted molar refractivity (Wildman–Crippen MR) is 119 cm³/mol. The van der Waals surface area contributed by atoms with Crippen LogP contribution >= 0.6 is 24.0 Å². The predicted octanol–water partition coefficient (Wildman–Crippen LogP) is 4.09. The Bertz CT molecular complexity index is 696. The second-order valence-electron chi connectivity index (χ2n) is 6.12. The SMILES string of the molecule is CCCOCc1ccccc1CN=C(NCC)NCc1nc(C)c(C)o1.I. The lowest BCUT2D eigenvalue weighted by atomic mass is 10.1. The summed E-state index contributed by atoms with van der Waals surface area (Å²) in [6, 6.07) is 8.26. The highest BCUT2D eigenvalue weighted by Crippen LogP contribution is 2.12. The molecule has 1 aromatic heterocycles. The summed E-state index contributed by atoms with van der Waals surface area (Å²) in [6.07, 6.45) is 1.02. The lowest BCUT2D eigenvalue weighted by Gasteiger charge is -2.11. The molecule has 0 unspecified atom stereocenters. The van der Waals surface area contributed by atoms with Crippen LogP contribution in [0.4, 0.5) is 0 Å². The van der Waals surface area contributed by atoms with Crippen LogP contribution in [0.2, 0.25) is 0 Å². The molecule has 0 saturated heterocycles. The summed E-state index contributed by atoms with van der Waals surface area (Å²) in [4.78, 5) is 9.07. The average molecular weight is 486 g/mol. The standard InChI is InChI=1S/C20H30N4O2.HI/c1-5-11-25-14-18-10-8-7-9-17(18)12-22-20(21-6-2)23-13-19-24-15(3)16(4)26-19;/h7-10H,5-6,11-14H2,1-4H3,(H2,21,22,23);1H. The number of aryl methyl sites for hydroxylation is 2. The molecule has 0 aliphatic heterocycles. The van der Waals surface area contributed by atoms with Gasteiger partial charge < -0.3 is 19.8 Å². The Morgan fingerprint density at radius 2 is 1.89 bits per heavy atom. The van der Waals surface area contributed by atoms with Crippen LogP contribution in [-0.2, 0) is 24.4 Å². The van der Waals surface area contributed by atoms with Crippen LogP contribution in [0.1, 0.15) is 48.7 Å². The molecule has 0 aliphatic carbocycles. The minimum Gasteiger partial charge on any atom is -0.444 e. The van der Waals surface area contributed by atoms with Gasteiger partial charge in [0.05, 0.1) is 25.4 Å². The molecule has 0 bridgehead atoms. The summed E-state index contributed by atoms with van der Waals surface area (Å²) in [5.41, 5.74) is 3.27. The van der Waals surface area contributed by atoms with E-state index >= 15 is 0 Å². The van der Waals surface area contributed by atoms with Crippen molar-refractivity contribution in [2.45, 2.75) is 53.8 Å². The van der Waals surface area contributed by atoms with E-state index in [1.165, 1.54) is 11.1 Å². The van der Waals surface area contributed by atoms with Crippen LogP contribution in [0.15, 0.2) is 33.7 Å². The number of nitrogens with zero attached hydrogens (tertiary/aromatic N) is 2. The zero-order chi connectivity index (χ0) is 18.8. The molecular weight excluding hydrogens is 455 g/mol. The molecule has 2 aromatic rings. The smallest absolute Gasteiger partial charge is 0.214 e. The van der Waals surface area contributed by atoms with Crippen molar-refractivity contribution in [2.24, 2.45) is 4.99 Å². The third-order valence-corrected chi connectivity index (χ3v) is 3.96. The van der Waals surface area contributed by atoms with Crippen LogP contribution in [0.25, 0.3) is 0 Å². The zero-order valence-electron chi connectivity index (χ0n) is 16.7. The normalized spacial score (nSPS) is 11.2. The second kappa shape index (κ2) is 12.7. The number of ether oxygens (including phenoxy) is 1. The van der Waals surface area contributed by atoms with Gasteiger partial charge in [-0.3, -0.25) is 0 Å². The van der Waals surface area contributed by atoms with Crippen LogP contribution in [0, 0.1) is 13.8 Å². The fourth-order valence-corrected chi connectivity index (χ4v) is 2.46. The van der Waals surface area contributed by atoms with Crippen molar-refractivity contribution in [3.63, 3.8) is 0 Å². The Kier molecular flexibility index (Phi) is 11.0. The van der Waals surface area contributed by atoms with E-state index in [2.05, 4.69) is 39.7 Å². The number of hydrogen-bond donors (Lipinski definition) is 2. The fourth-order valence-electron chi connectivity index (χ4n) is 2.46. The fraction of sp³-hybridized carbons (Fsp3) is 0.500. The molecule has 0 fully saturated rings. The lowest BCUT2D eigenvalue weighted by Crippen LogP contribution is -2.36. The maximum Gasteiger partial charge on any atom is 0.214 e. The van der Waals surface area contributed by atoms with E-state index in [0.717, 1.165) is 37.0 Å². The average Bonchev–Trinajstić information content (AvgIpc) is 2.96. The molecule has 7 heteroatoms. The van der Waals surface area contributed by atoms with Crippen molar-refractivity contribution >= 4 is 29.9 Å². The van der Waals surface area contributed by atoms with Crippen molar-refractivity contribution < 1.29 is 9.15 Å². The first-order valence-electron chi connectivity index (χ1n) is 9.23. The first kappa shape index (κ1) is 23.4. The van der Waals surface area contributed by atoms with E-state index in [-0.39, 0.29) is 24.0 Å². The summed E-state index contributed by atoms with van der Waals surface area (Å²) < 4.78 is 11.3. The largest absolute Gasteiger partial charge is 0.444 e. The van der Waals surface area contributed by atoms with Gasteiger partial charge in [0, 0.05) is 13.2 Å². The summed E-state index contributed by atoms with van der Waals surface area (Å²) in [6.45, 7) is 11.3. The Morgan fingerprint density at radius 3 is 2.52 bits per heavy atom. The third-order valence-electron chi connectivity index (χ3n) is 3.96. The topological polar surface area (TPSA) is 71.7 Å². The van der Waals surface area contributed by atoms with Crippen LogP contribution in [0.3, 0.4) is 0 Å². The molecule has 150 valence electrons. The molecule has 27 heavy (non-hydrogen) atoms. The van der Waals surface area contributed by atoms with Crippen molar-refractivity contribution in [1.29, 1.82) is 0 Å². The highest BCUT2D eigenvalue weighted by Gasteiger charge is 2.07. The zero-order valence-corrected chi connectivity index (χ0v) is 19.0. The number of rotatable bonds is 9. The highest BCUT2D eigenvalue weighted by atomic mass is 127. The molecule has 0 atom stereocenters. The van der Waals surface area contributed by atoms with Gasteiger partial charge in [0.15, 0.2) is 5.96 Å². The minimum absolute atomic E-state index is 0. The van der Waals surface area contributed by atoms with E-state index in [1.807, 2.05) is 32.9 Å². The molecule has 1 aromatic carbocycles. The Balaban J connectivity index is 0.00000364. The molecule has 0 amide bonds. The summed E-state index contributed by atoms with van der Waals surface area (Å²) in [7, 11) is 0. The number of oxazole rings is 1. The van der Waals surface area contributed by atoms with Crippen LogP contribution < -0.4 is 10.6 Å². The monoisotopic (exact) mass is 486 g/mol. The molecule has 0 radical (unpaired) electrons. The van der Waals surface area contributed by atoms with Gasteiger partial charge in [0.2, 0.25) is 5.89 Å². The van der Waals surface area contributed by atoms with E-state index in [0.29, 0.717) is 25.6 Å². The van der Waals surface area contributed by atoms with Gasteiger partial charge in [-0.05, 0) is 38.3 Å². The molecule has 0 aliphatic rings. The number of hydrogen-bond acceptors (Lipinski definition) is 4. The van der Waals surface area contributed by atoms with E-state index in [4.69, 9.17) is 9.15 Å². The van der Waals surface area contributed by atoms with Gasteiger partial charge in [-0.15, -0.1) is 24.0 Å². The third kappa shape index (κ3) is 7.88. The number of guanidine groups is 1. The Morgan fingerprint density at radius 1 is 1.15 bits per heavy atom. The Labute approximate surface area is 179 Å². The molecular formula is C20H31IN4O2. The number of aliphatic imine (C=N–C) groups is 1. The van der Waals surface area contributed by atoms with E-state index in [9.17, 15) is 0 Å². The van der Waals surface area contributed by atoms with Gasteiger partial charge >= 0.3 is 0 Å². The molecule has 2 N–H and O–H groups in total. The summed E-state index contributed by atoms with van der Waals surface area (Å²) in [5.74, 6) is 2.26. The minimum atomic E-state index is 0. The molecule has 2 rings (SSSR count). The van der Waals surface area contributed by atoms with Crippen molar-refractivity contribution in [3.8, 4) is 0 Å². The number of benzene rings is 1. The summed E-state index contributed by atoms with van der Waals surface area (Å²) >= 11 is 0. The van der Waals surface area contributed by atoms with Gasteiger partial charge in [-0.1, -0.05) is 31.2 Å². The number of halogens is 1. The van der Waals surface area contributed by atoms with Crippen molar-refractivity contribution in [1.82, 2.24) is 15.6 Å². The lowest BCUT2D eigenvalue weighted by molar-refractivity contribution is 0.121. The highest BCUT2D eigenvalue weighted by molar-refractivity contribution is 14.0. The quantitative estimate of drug-likeness (QED) is 0.242. The van der Waals surface area contributed by atoms with Crippen molar-refractivity contribution in [3.05, 3.63) is 52.7 Å². The maximum absolute atomic E-state index is 5.68. The van der Waals surface area contributed by atoms with Crippen molar-refractivity contribution in [2.75, 3.05) is 13.2 Å². The first-order valence-corrected chi connectivity index (χ1v) is 9.23. The molecule has 0 saturated carbocycles. The van der Waals surface area contributed by atoms with Crippen LogP contribution in [-0.4, -0.2) is 24.1 Å². The summed E-state index contributed by atoms with van der Waals surface area (Å²) in [5, 5.41) is 6.53. The number of nitrogens with one attached hydrogen (secondary N) is 2. The molecule has 1 heterocycles. The van der Waals surface area contributed by atoms with E-state index in [1.54, 1.807) is 0 Å². The number of aromatic nitrogens is 1. The first-order chi connectivity index (χ1) is 12.6. The van der Waals surface area contributed by atoms with Gasteiger partial charge in [0.1, 0.15) is 5.76 Å². The van der Waals surface area contributed by atoms with E-state index < -0.39 is 0 Å².